The van der Waals surface area contributed by atoms with E-state index >= 15 is 0 Å². The van der Waals surface area contributed by atoms with Crippen LogP contribution in [0.5, 0.6) is 0 Å². The zero-order chi connectivity index (χ0) is 16.8. The molecular weight excluding hydrogens is 317 g/mol. The van der Waals surface area contributed by atoms with Crippen LogP contribution in [-0.2, 0) is 23.2 Å². The molecule has 0 aromatic rings. The predicted octanol–water partition coefficient (Wildman–Crippen LogP) is 2.14. The van der Waals surface area contributed by atoms with Crippen LogP contribution in [0.15, 0.2) is 0 Å². The Morgan fingerprint density at radius 1 is 1.32 bits per heavy atom. The molecule has 1 rings (SSSR count). The van der Waals surface area contributed by atoms with E-state index in [1.165, 1.54) is 0 Å². The zero-order valence-electron chi connectivity index (χ0n) is 13.5. The highest BCUT2D eigenvalue weighted by Crippen LogP contribution is 2.43. The Bertz CT molecular complexity index is 441. The smallest absolute Gasteiger partial charge is 0.337 e. The van der Waals surface area contributed by atoms with Crippen molar-refractivity contribution in [2.75, 3.05) is 19.8 Å². The standard InChI is InChI=1S/C14H26NO6P/c1-4-13(16)6-7-14(17)15-9-11(3)8-12(15)10-21-22(18,19)20-5-2/h11-12H,4-10H2,1-3H3,(H,18,19)/t11-,12+/m1/s1/i18+2,19+2,20+2,21+2. The average Bonchev–Trinajstić information content (AvgIpc) is 2.83. The number of hydrogen-bond donors (Lipinski definition) is 1. The molecule has 3 atom stereocenters. The number of carbonyl (C=O) groups is 2. The molecule has 1 unspecified atom stereocenters. The summed E-state index contributed by atoms with van der Waals surface area (Å²) in [4.78, 5) is 34.6. The SMILES string of the molecule is CC[18O]P(=[18O])([18OH])[18O]C[C@@H]1C[C@@H](C)CN1C(=O)CCC(=O)CC. The van der Waals surface area contributed by atoms with Gasteiger partial charge in [-0.05, 0) is 19.3 Å². The Kier molecular flexibility index (Phi) is 7.69. The van der Waals surface area contributed by atoms with Gasteiger partial charge in [0.15, 0.2) is 0 Å². The molecule has 1 N–H and O–H groups in total. The van der Waals surface area contributed by atoms with E-state index in [0.717, 1.165) is 0 Å². The van der Waals surface area contributed by atoms with Crippen molar-refractivity contribution in [3.63, 3.8) is 0 Å². The summed E-state index contributed by atoms with van der Waals surface area (Å²) in [5.74, 6) is 0.248. The molecule has 1 saturated heterocycles. The normalized spacial score (nSPS) is 24.3. The maximum absolute atomic E-state index is 12.2. The number of rotatable bonds is 9. The number of phosphoric acid groups is 1. The Morgan fingerprint density at radius 2 is 2.00 bits per heavy atom. The summed E-state index contributed by atoms with van der Waals surface area (Å²) in [6.07, 6.45) is 1.56. The molecule has 1 fully saturated rings. The summed E-state index contributed by atoms with van der Waals surface area (Å²) in [5.41, 5.74) is 0. The second-order valence-electron chi connectivity index (χ2n) is 5.62. The van der Waals surface area contributed by atoms with Crippen LogP contribution in [0.25, 0.3) is 0 Å². The number of amides is 1. The van der Waals surface area contributed by atoms with Crippen molar-refractivity contribution >= 4 is 19.5 Å². The molecule has 0 radical (unpaired) electrons. The number of ketones is 1. The van der Waals surface area contributed by atoms with E-state index in [1.807, 2.05) is 6.92 Å². The van der Waals surface area contributed by atoms with Crippen molar-refractivity contribution in [3.8, 4) is 0 Å². The second-order valence-corrected chi connectivity index (χ2v) is 7.07. The molecular formula is C14H26NO6P. The minimum atomic E-state index is -4.05. The van der Waals surface area contributed by atoms with E-state index in [0.29, 0.717) is 25.3 Å². The van der Waals surface area contributed by atoms with Gasteiger partial charge in [0.1, 0.15) is 5.78 Å². The van der Waals surface area contributed by atoms with Crippen molar-refractivity contribution < 1.29 is 28.1 Å². The van der Waals surface area contributed by atoms with Gasteiger partial charge in [0.2, 0.25) is 5.91 Å². The summed E-state index contributed by atoms with van der Waals surface area (Å²) in [6, 6.07) is -0.250. The van der Waals surface area contributed by atoms with E-state index in [4.69, 9.17) is 4.52 Å². The molecule has 1 aliphatic heterocycles. The third-order valence-corrected chi connectivity index (χ3v) is 4.74. The van der Waals surface area contributed by atoms with E-state index in [-0.39, 0.29) is 43.8 Å². The van der Waals surface area contributed by atoms with E-state index in [9.17, 15) is 19.0 Å². The third-order valence-electron chi connectivity index (χ3n) is 3.68. The number of likely N-dealkylation sites (tertiary alicyclic amines) is 1. The van der Waals surface area contributed by atoms with Crippen molar-refractivity contribution in [2.24, 2.45) is 5.92 Å². The minimum Gasteiger partial charge on any atom is -0.337 e. The predicted molar refractivity (Wildman–Crippen MR) is 81.2 cm³/mol. The molecule has 0 aliphatic carbocycles. The highest BCUT2D eigenvalue weighted by Gasteiger charge is 2.35. The van der Waals surface area contributed by atoms with Gasteiger partial charge in [-0.25, -0.2) is 4.57 Å². The summed E-state index contributed by atoms with van der Waals surface area (Å²) in [7, 11) is -4.05. The molecule has 0 saturated carbocycles. The van der Waals surface area contributed by atoms with Gasteiger partial charge in [-0.1, -0.05) is 13.8 Å². The maximum atomic E-state index is 12.2. The molecule has 0 spiro atoms. The highest BCUT2D eigenvalue weighted by molar-refractivity contribution is 7.47. The Labute approximate surface area is 131 Å². The monoisotopic (exact) mass is 343 g/mol. The summed E-state index contributed by atoms with van der Waals surface area (Å²) in [5, 5.41) is 0. The van der Waals surface area contributed by atoms with Crippen molar-refractivity contribution in [2.45, 2.75) is 52.5 Å². The molecule has 1 heterocycles. The first kappa shape index (κ1) is 19.3. The van der Waals surface area contributed by atoms with Gasteiger partial charge in [-0.3, -0.25) is 18.6 Å². The van der Waals surface area contributed by atoms with Crippen LogP contribution in [0.2, 0.25) is 0 Å². The van der Waals surface area contributed by atoms with Gasteiger partial charge in [-0.15, -0.1) is 0 Å². The van der Waals surface area contributed by atoms with Crippen molar-refractivity contribution in [1.82, 2.24) is 4.90 Å². The first-order chi connectivity index (χ1) is 10.3. The molecule has 0 aromatic heterocycles. The Morgan fingerprint density at radius 3 is 2.59 bits per heavy atom. The molecule has 7 nitrogen and oxygen atoms in total. The van der Waals surface area contributed by atoms with Crippen LogP contribution in [0, 0.1) is 5.92 Å². The quantitative estimate of drug-likeness (QED) is 0.509. The molecule has 22 heavy (non-hydrogen) atoms. The van der Waals surface area contributed by atoms with Crippen molar-refractivity contribution in [3.05, 3.63) is 0 Å². The maximum Gasteiger partial charge on any atom is 0.472 e. The molecule has 1 amide bonds. The molecule has 1 aliphatic rings. The fraction of sp³-hybridized carbons (Fsp3) is 0.857. The number of Topliss-reactive ketones (excluding diaryl/α,β-unsaturated/α-hetero) is 1. The van der Waals surface area contributed by atoms with Gasteiger partial charge in [0.25, 0.3) is 0 Å². The topological polar surface area (TPSA) is 93.1 Å². The average molecular weight is 343 g/mol. The summed E-state index contributed by atoms with van der Waals surface area (Å²) in [6.45, 7) is 6.01. The minimum absolute atomic E-state index is 0.0361. The fourth-order valence-corrected chi connectivity index (χ4v) is 3.32. The fourth-order valence-electron chi connectivity index (χ4n) is 2.56. The molecule has 0 aromatic carbocycles. The number of hydrogen-bond acceptors (Lipinski definition) is 5. The lowest BCUT2D eigenvalue weighted by Gasteiger charge is -2.25. The lowest BCUT2D eigenvalue weighted by molar-refractivity contribution is -0.134. The van der Waals surface area contributed by atoms with E-state index in [2.05, 4.69) is 4.52 Å². The van der Waals surface area contributed by atoms with E-state index in [1.54, 1.807) is 18.7 Å². The molecule has 8 heteroatoms. The Balaban J connectivity index is 2.55. The second kappa shape index (κ2) is 8.77. The van der Waals surface area contributed by atoms with Gasteiger partial charge >= 0.3 is 7.82 Å². The summed E-state index contributed by atoms with van der Waals surface area (Å²) >= 11 is 0. The van der Waals surface area contributed by atoms with Crippen LogP contribution in [0.4, 0.5) is 0 Å². The van der Waals surface area contributed by atoms with Gasteiger partial charge < -0.3 is 9.79 Å². The van der Waals surface area contributed by atoms with Crippen LogP contribution in [-0.4, -0.2) is 47.3 Å². The largest absolute Gasteiger partial charge is 0.472 e. The van der Waals surface area contributed by atoms with Crippen LogP contribution in [0.1, 0.15) is 46.5 Å². The lowest BCUT2D eigenvalue weighted by Crippen LogP contribution is -2.38. The van der Waals surface area contributed by atoms with Gasteiger partial charge in [0.05, 0.1) is 19.3 Å². The first-order valence-electron chi connectivity index (χ1n) is 7.72. The molecule has 0 bridgehead atoms. The van der Waals surface area contributed by atoms with Gasteiger partial charge in [0, 0.05) is 25.8 Å². The van der Waals surface area contributed by atoms with Crippen LogP contribution >= 0.6 is 7.82 Å². The Hall–Kier alpha value is -0.750. The van der Waals surface area contributed by atoms with Gasteiger partial charge in [-0.2, -0.15) is 0 Å². The van der Waals surface area contributed by atoms with E-state index < -0.39 is 7.82 Å². The number of phosphoric ester groups is 1. The van der Waals surface area contributed by atoms with Crippen molar-refractivity contribution in [1.29, 1.82) is 0 Å². The van der Waals surface area contributed by atoms with Crippen LogP contribution in [0.3, 0.4) is 0 Å². The summed E-state index contributed by atoms with van der Waals surface area (Å²) < 4.78 is 21.1. The lowest BCUT2D eigenvalue weighted by atomic mass is 10.1. The molecule has 128 valence electrons. The third kappa shape index (κ3) is 6.16. The zero-order valence-corrected chi connectivity index (χ0v) is 14.4. The number of carbonyl (C=O) groups excluding carboxylic acids is 2. The number of nitrogens with zero attached hydrogens (tertiary/aromatic N) is 1. The first-order valence-corrected chi connectivity index (χ1v) is 9.21. The van der Waals surface area contributed by atoms with Crippen LogP contribution < -0.4 is 0 Å². The highest BCUT2D eigenvalue weighted by atomic mass is 31.2.